The summed E-state index contributed by atoms with van der Waals surface area (Å²) in [5, 5.41) is 0. The van der Waals surface area contributed by atoms with E-state index in [1.807, 2.05) is 13.8 Å². The highest BCUT2D eigenvalue weighted by Crippen LogP contribution is 2.29. The predicted octanol–water partition coefficient (Wildman–Crippen LogP) is 3.37. The van der Waals surface area contributed by atoms with Crippen molar-refractivity contribution in [2.24, 2.45) is 11.8 Å². The van der Waals surface area contributed by atoms with Crippen LogP contribution in [0.5, 0.6) is 0 Å². The number of rotatable bonds is 8. The summed E-state index contributed by atoms with van der Waals surface area (Å²) in [6, 6.07) is 13.6. The molecular weight excluding hydrogens is 420 g/mol. The highest BCUT2D eigenvalue weighted by molar-refractivity contribution is 7.89. The summed E-state index contributed by atoms with van der Waals surface area (Å²) >= 11 is 0. The lowest BCUT2D eigenvalue weighted by molar-refractivity contribution is 0.268. The Hall–Kier alpha value is -1.74. The summed E-state index contributed by atoms with van der Waals surface area (Å²) in [7, 11) is -7.06. The van der Waals surface area contributed by atoms with Gasteiger partial charge in [0, 0.05) is 13.1 Å². The second-order valence-electron chi connectivity index (χ2n) is 8.23. The molecule has 0 aromatic heterocycles. The standard InChI is InChI=1S/C22H30N2O4S2/c1-17-6-10-21(11-7-17)29(25,26)23-15-19-4-3-5-20(14-19)16-24-30(27,28)22-12-8-18(2)9-13-22/h6-13,19-20,23-24H,3-5,14-16H2,1-2H3/t19-,20-/m1/s1. The molecule has 0 saturated heterocycles. The Bertz CT molecular complexity index is 962. The molecule has 2 N–H and O–H groups in total. The Morgan fingerprint density at radius 1 is 0.700 bits per heavy atom. The highest BCUT2D eigenvalue weighted by Gasteiger charge is 2.25. The van der Waals surface area contributed by atoms with E-state index >= 15 is 0 Å². The largest absolute Gasteiger partial charge is 0.240 e. The van der Waals surface area contributed by atoms with Gasteiger partial charge >= 0.3 is 0 Å². The first kappa shape index (κ1) is 22.9. The van der Waals surface area contributed by atoms with Gasteiger partial charge in [-0.15, -0.1) is 0 Å². The van der Waals surface area contributed by atoms with Gasteiger partial charge in [0.1, 0.15) is 0 Å². The van der Waals surface area contributed by atoms with Gasteiger partial charge in [0.2, 0.25) is 20.0 Å². The Balaban J connectivity index is 1.52. The first-order chi connectivity index (χ1) is 14.2. The Kier molecular flexibility index (Phi) is 7.34. The fraction of sp³-hybridized carbons (Fsp3) is 0.455. The second kappa shape index (κ2) is 9.60. The maximum absolute atomic E-state index is 12.5. The molecule has 0 spiro atoms. The molecule has 2 atom stereocenters. The van der Waals surface area contributed by atoms with Crippen molar-refractivity contribution in [1.29, 1.82) is 0 Å². The minimum absolute atomic E-state index is 0.202. The smallest absolute Gasteiger partial charge is 0.211 e. The Labute approximate surface area is 180 Å². The third kappa shape index (κ3) is 6.14. The SMILES string of the molecule is Cc1ccc(S(=O)(=O)NC[C@@H]2CCC[C@@H](CNS(=O)(=O)c3ccc(C)cc3)C2)cc1. The van der Waals surface area contributed by atoms with E-state index in [1.165, 1.54) is 0 Å². The molecule has 1 saturated carbocycles. The van der Waals surface area contributed by atoms with Gasteiger partial charge in [-0.2, -0.15) is 0 Å². The molecule has 0 radical (unpaired) electrons. The Morgan fingerprint density at radius 3 is 1.43 bits per heavy atom. The van der Waals surface area contributed by atoms with Crippen LogP contribution in [0.15, 0.2) is 58.3 Å². The molecule has 0 heterocycles. The van der Waals surface area contributed by atoms with E-state index in [-0.39, 0.29) is 21.6 Å². The molecule has 3 rings (SSSR count). The molecular formula is C22H30N2O4S2. The third-order valence-corrected chi connectivity index (χ3v) is 8.56. The van der Waals surface area contributed by atoms with Crippen LogP contribution in [0, 0.1) is 25.7 Å². The molecule has 1 aliphatic carbocycles. The molecule has 6 nitrogen and oxygen atoms in total. The lowest BCUT2D eigenvalue weighted by atomic mass is 9.81. The van der Waals surface area contributed by atoms with Crippen molar-refractivity contribution in [2.75, 3.05) is 13.1 Å². The van der Waals surface area contributed by atoms with E-state index in [1.54, 1.807) is 48.5 Å². The number of sulfonamides is 2. The summed E-state index contributed by atoms with van der Waals surface area (Å²) in [5.74, 6) is 0.403. The molecule has 0 amide bonds. The number of aryl methyl sites for hydroxylation is 2. The summed E-state index contributed by atoms with van der Waals surface area (Å²) in [5.41, 5.74) is 2.02. The molecule has 2 aromatic carbocycles. The third-order valence-electron chi connectivity index (χ3n) is 5.68. The molecule has 2 aromatic rings. The van der Waals surface area contributed by atoms with E-state index in [2.05, 4.69) is 9.44 Å². The van der Waals surface area contributed by atoms with E-state index in [9.17, 15) is 16.8 Å². The lowest BCUT2D eigenvalue weighted by Crippen LogP contribution is -2.35. The van der Waals surface area contributed by atoms with E-state index in [0.29, 0.717) is 13.1 Å². The van der Waals surface area contributed by atoms with Crippen LogP contribution in [0.4, 0.5) is 0 Å². The fourth-order valence-corrected chi connectivity index (χ4v) is 6.06. The van der Waals surface area contributed by atoms with Crippen LogP contribution in [-0.4, -0.2) is 29.9 Å². The molecule has 0 bridgehead atoms. The first-order valence-electron chi connectivity index (χ1n) is 10.3. The summed E-state index contributed by atoms with van der Waals surface area (Å²) in [6.45, 7) is 4.58. The van der Waals surface area contributed by atoms with Crippen molar-refractivity contribution in [1.82, 2.24) is 9.44 Å². The van der Waals surface area contributed by atoms with Gasteiger partial charge in [0.05, 0.1) is 9.79 Å². The molecule has 8 heteroatoms. The van der Waals surface area contributed by atoms with Crippen molar-refractivity contribution in [3.05, 3.63) is 59.7 Å². The second-order valence-corrected chi connectivity index (χ2v) is 11.8. The zero-order valence-electron chi connectivity index (χ0n) is 17.5. The highest BCUT2D eigenvalue weighted by atomic mass is 32.2. The molecule has 164 valence electrons. The fourth-order valence-electron chi connectivity index (χ4n) is 3.83. The monoisotopic (exact) mass is 450 g/mol. The summed E-state index contributed by atoms with van der Waals surface area (Å²) in [6.07, 6.45) is 3.65. The number of benzene rings is 2. The van der Waals surface area contributed by atoms with Crippen molar-refractivity contribution < 1.29 is 16.8 Å². The number of hydrogen-bond donors (Lipinski definition) is 2. The maximum Gasteiger partial charge on any atom is 0.240 e. The topological polar surface area (TPSA) is 92.3 Å². The van der Waals surface area contributed by atoms with Crippen LogP contribution in [0.25, 0.3) is 0 Å². The molecule has 30 heavy (non-hydrogen) atoms. The lowest BCUT2D eigenvalue weighted by Gasteiger charge is -2.29. The average Bonchev–Trinajstić information content (AvgIpc) is 2.72. The predicted molar refractivity (Wildman–Crippen MR) is 118 cm³/mol. The molecule has 0 unspecified atom stereocenters. The van der Waals surface area contributed by atoms with E-state index in [4.69, 9.17) is 0 Å². The number of hydrogen-bond acceptors (Lipinski definition) is 4. The van der Waals surface area contributed by atoms with Crippen molar-refractivity contribution in [3.63, 3.8) is 0 Å². The van der Waals surface area contributed by atoms with E-state index < -0.39 is 20.0 Å². The number of nitrogens with one attached hydrogen (secondary N) is 2. The van der Waals surface area contributed by atoms with Crippen LogP contribution in [0.1, 0.15) is 36.8 Å². The first-order valence-corrected chi connectivity index (χ1v) is 13.2. The van der Waals surface area contributed by atoms with Crippen LogP contribution in [0.3, 0.4) is 0 Å². The van der Waals surface area contributed by atoms with Gasteiger partial charge in [0.25, 0.3) is 0 Å². The maximum atomic E-state index is 12.5. The van der Waals surface area contributed by atoms with Crippen molar-refractivity contribution >= 4 is 20.0 Å². The van der Waals surface area contributed by atoms with Crippen LogP contribution >= 0.6 is 0 Å². The van der Waals surface area contributed by atoms with Crippen molar-refractivity contribution in [2.45, 2.75) is 49.3 Å². The van der Waals surface area contributed by atoms with Crippen molar-refractivity contribution in [3.8, 4) is 0 Å². The van der Waals surface area contributed by atoms with Gasteiger partial charge in [-0.25, -0.2) is 26.3 Å². The molecule has 1 aliphatic rings. The van der Waals surface area contributed by atoms with Crippen LogP contribution < -0.4 is 9.44 Å². The minimum atomic E-state index is -3.53. The Morgan fingerprint density at radius 2 is 1.07 bits per heavy atom. The van der Waals surface area contributed by atoms with Crippen LogP contribution in [0.2, 0.25) is 0 Å². The van der Waals surface area contributed by atoms with Gasteiger partial charge in [-0.3, -0.25) is 0 Å². The quantitative estimate of drug-likeness (QED) is 0.645. The van der Waals surface area contributed by atoms with Gasteiger partial charge in [0.15, 0.2) is 0 Å². The normalized spacial score (nSPS) is 20.2. The summed E-state index contributed by atoms with van der Waals surface area (Å²) < 4.78 is 55.5. The summed E-state index contributed by atoms with van der Waals surface area (Å²) in [4.78, 5) is 0.539. The van der Waals surface area contributed by atoms with Gasteiger partial charge < -0.3 is 0 Å². The van der Waals surface area contributed by atoms with E-state index in [0.717, 1.165) is 36.8 Å². The minimum Gasteiger partial charge on any atom is -0.211 e. The van der Waals surface area contributed by atoms with Gasteiger partial charge in [-0.05, 0) is 69.2 Å². The molecule has 0 aliphatic heterocycles. The molecule has 1 fully saturated rings. The average molecular weight is 451 g/mol. The zero-order valence-corrected chi connectivity index (χ0v) is 19.1. The van der Waals surface area contributed by atoms with Crippen LogP contribution in [-0.2, 0) is 20.0 Å². The van der Waals surface area contributed by atoms with Gasteiger partial charge in [-0.1, -0.05) is 41.8 Å². The zero-order chi connectivity index (χ0) is 21.8.